The van der Waals surface area contributed by atoms with Gasteiger partial charge in [-0.25, -0.2) is 4.79 Å². The minimum atomic E-state index is -0.444. The summed E-state index contributed by atoms with van der Waals surface area (Å²) in [5.74, 6) is 0.431. The van der Waals surface area contributed by atoms with E-state index in [1.165, 1.54) is 0 Å². The molecule has 0 saturated carbocycles. The Morgan fingerprint density at radius 1 is 1.06 bits per heavy atom. The number of urea groups is 1. The Bertz CT molecular complexity index is 256. The molecule has 0 aromatic carbocycles. The van der Waals surface area contributed by atoms with E-state index in [4.69, 9.17) is 11.6 Å². The molecule has 0 aromatic rings. The smallest absolute Gasteiger partial charge is 0.324 e. The molecule has 0 atom stereocenters. The standard InChI is InChI=1S/C13H25ClN2O2/c1-10(2)5-7-16(8-6-11(3)4)13(18)15-12(17)9-14/h10-11H,5-9H2,1-4H3,(H,15,17,18). The fourth-order valence-corrected chi connectivity index (χ4v) is 1.44. The summed E-state index contributed by atoms with van der Waals surface area (Å²) in [6.07, 6.45) is 1.86. The zero-order chi connectivity index (χ0) is 14.1. The molecule has 0 spiro atoms. The van der Waals surface area contributed by atoms with Crippen molar-refractivity contribution in [3.63, 3.8) is 0 Å². The van der Waals surface area contributed by atoms with E-state index in [0.29, 0.717) is 24.9 Å². The quantitative estimate of drug-likeness (QED) is 0.727. The number of imide groups is 1. The Morgan fingerprint density at radius 2 is 1.50 bits per heavy atom. The molecule has 18 heavy (non-hydrogen) atoms. The van der Waals surface area contributed by atoms with Crippen LogP contribution >= 0.6 is 11.6 Å². The van der Waals surface area contributed by atoms with Gasteiger partial charge in [-0.2, -0.15) is 0 Å². The van der Waals surface area contributed by atoms with Crippen molar-refractivity contribution >= 4 is 23.5 Å². The Kier molecular flexibility index (Phi) is 8.81. The maximum Gasteiger partial charge on any atom is 0.324 e. The zero-order valence-electron chi connectivity index (χ0n) is 11.8. The third-order valence-electron chi connectivity index (χ3n) is 2.61. The van der Waals surface area contributed by atoms with Crippen LogP contribution in [0.1, 0.15) is 40.5 Å². The lowest BCUT2D eigenvalue weighted by Gasteiger charge is -2.24. The molecule has 5 heteroatoms. The number of carbonyl (C=O) groups is 2. The van der Waals surface area contributed by atoms with Gasteiger partial charge in [0.1, 0.15) is 5.88 Å². The van der Waals surface area contributed by atoms with Gasteiger partial charge in [-0.1, -0.05) is 27.7 Å². The lowest BCUT2D eigenvalue weighted by molar-refractivity contribution is -0.117. The van der Waals surface area contributed by atoms with Crippen LogP contribution in [0.4, 0.5) is 4.79 Å². The molecule has 0 fully saturated rings. The summed E-state index contributed by atoms with van der Waals surface area (Å²) in [6, 6.07) is -0.332. The number of alkyl halides is 1. The SMILES string of the molecule is CC(C)CCN(CCC(C)C)C(=O)NC(=O)CCl. The maximum absolute atomic E-state index is 11.9. The fourth-order valence-electron chi connectivity index (χ4n) is 1.37. The van der Waals surface area contributed by atoms with Crippen molar-refractivity contribution in [1.29, 1.82) is 0 Å². The highest BCUT2D eigenvalue weighted by atomic mass is 35.5. The van der Waals surface area contributed by atoms with E-state index in [1.807, 2.05) is 0 Å². The summed E-state index contributed by atoms with van der Waals surface area (Å²) in [5, 5.41) is 2.29. The van der Waals surface area contributed by atoms with Crippen LogP contribution in [0.15, 0.2) is 0 Å². The van der Waals surface area contributed by atoms with Crippen LogP contribution in [-0.4, -0.2) is 35.8 Å². The highest BCUT2D eigenvalue weighted by molar-refractivity contribution is 6.28. The lowest BCUT2D eigenvalue weighted by Crippen LogP contribution is -2.44. The number of halogens is 1. The van der Waals surface area contributed by atoms with Crippen LogP contribution in [0.2, 0.25) is 0 Å². The van der Waals surface area contributed by atoms with E-state index in [9.17, 15) is 9.59 Å². The molecule has 0 unspecified atom stereocenters. The summed E-state index contributed by atoms with van der Waals surface area (Å²) in [7, 11) is 0. The maximum atomic E-state index is 11.9. The van der Waals surface area contributed by atoms with Gasteiger partial charge in [0.25, 0.3) is 0 Å². The molecule has 0 rings (SSSR count). The normalized spacial score (nSPS) is 10.8. The Morgan fingerprint density at radius 3 is 1.83 bits per heavy atom. The molecular formula is C13H25ClN2O2. The van der Waals surface area contributed by atoms with Gasteiger partial charge in [-0.05, 0) is 24.7 Å². The van der Waals surface area contributed by atoms with Crippen molar-refractivity contribution in [3.05, 3.63) is 0 Å². The first kappa shape index (κ1) is 17.2. The molecule has 0 aliphatic carbocycles. The average molecular weight is 277 g/mol. The highest BCUT2D eigenvalue weighted by Crippen LogP contribution is 2.06. The molecule has 0 radical (unpaired) electrons. The van der Waals surface area contributed by atoms with Crippen molar-refractivity contribution in [2.75, 3.05) is 19.0 Å². The van der Waals surface area contributed by atoms with Gasteiger partial charge in [-0.15, -0.1) is 11.6 Å². The van der Waals surface area contributed by atoms with Gasteiger partial charge in [0.2, 0.25) is 5.91 Å². The van der Waals surface area contributed by atoms with Crippen molar-refractivity contribution in [3.8, 4) is 0 Å². The lowest BCUT2D eigenvalue weighted by atomic mass is 10.1. The van der Waals surface area contributed by atoms with Crippen LogP contribution in [0.3, 0.4) is 0 Å². The fraction of sp³-hybridized carbons (Fsp3) is 0.846. The molecular weight excluding hydrogens is 252 g/mol. The van der Waals surface area contributed by atoms with Crippen LogP contribution < -0.4 is 5.32 Å². The van der Waals surface area contributed by atoms with Gasteiger partial charge in [-0.3, -0.25) is 10.1 Å². The van der Waals surface area contributed by atoms with E-state index in [0.717, 1.165) is 12.8 Å². The minimum absolute atomic E-state index is 0.187. The summed E-state index contributed by atoms with van der Waals surface area (Å²) < 4.78 is 0. The van der Waals surface area contributed by atoms with Crippen LogP contribution in [0, 0.1) is 11.8 Å². The Hall–Kier alpha value is -0.770. The first-order valence-corrected chi connectivity index (χ1v) is 7.05. The predicted octanol–water partition coefficient (Wildman–Crippen LogP) is 2.86. The molecule has 0 aliphatic heterocycles. The van der Waals surface area contributed by atoms with Crippen molar-refractivity contribution in [2.45, 2.75) is 40.5 Å². The largest absolute Gasteiger partial charge is 0.324 e. The molecule has 3 amide bonds. The van der Waals surface area contributed by atoms with Crippen LogP contribution in [0.5, 0.6) is 0 Å². The molecule has 1 N–H and O–H groups in total. The van der Waals surface area contributed by atoms with Gasteiger partial charge in [0.15, 0.2) is 0 Å². The number of nitrogens with one attached hydrogen (secondary N) is 1. The number of hydrogen-bond donors (Lipinski definition) is 1. The second kappa shape index (κ2) is 9.20. The zero-order valence-corrected chi connectivity index (χ0v) is 12.6. The average Bonchev–Trinajstić information content (AvgIpc) is 2.27. The molecule has 0 heterocycles. The van der Waals surface area contributed by atoms with E-state index < -0.39 is 5.91 Å². The summed E-state index contributed by atoms with van der Waals surface area (Å²) in [5.41, 5.74) is 0. The molecule has 0 aromatic heterocycles. The highest BCUT2D eigenvalue weighted by Gasteiger charge is 2.16. The van der Waals surface area contributed by atoms with Crippen molar-refractivity contribution < 1.29 is 9.59 Å². The third kappa shape index (κ3) is 8.34. The number of carbonyl (C=O) groups excluding carboxylic acids is 2. The van der Waals surface area contributed by atoms with Gasteiger partial charge in [0.05, 0.1) is 0 Å². The third-order valence-corrected chi connectivity index (χ3v) is 2.85. The Labute approximate surface area is 115 Å². The van der Waals surface area contributed by atoms with Gasteiger partial charge < -0.3 is 4.90 Å². The summed E-state index contributed by atoms with van der Waals surface area (Å²) in [4.78, 5) is 24.7. The first-order chi connectivity index (χ1) is 8.36. The van der Waals surface area contributed by atoms with E-state index in [1.54, 1.807) is 4.90 Å². The number of hydrogen-bond acceptors (Lipinski definition) is 2. The Balaban J connectivity index is 4.33. The number of rotatable bonds is 7. The predicted molar refractivity (Wildman–Crippen MR) is 74.7 cm³/mol. The van der Waals surface area contributed by atoms with Gasteiger partial charge in [0, 0.05) is 13.1 Å². The van der Waals surface area contributed by atoms with Crippen molar-refractivity contribution in [2.24, 2.45) is 11.8 Å². The van der Waals surface area contributed by atoms with Crippen LogP contribution in [-0.2, 0) is 4.79 Å². The number of amides is 3. The second-order valence-corrected chi connectivity index (χ2v) is 5.61. The summed E-state index contributed by atoms with van der Waals surface area (Å²) in [6.45, 7) is 9.80. The van der Waals surface area contributed by atoms with E-state index >= 15 is 0 Å². The van der Waals surface area contributed by atoms with E-state index in [-0.39, 0.29) is 11.9 Å². The minimum Gasteiger partial charge on any atom is -0.324 e. The second-order valence-electron chi connectivity index (χ2n) is 5.34. The molecule has 0 aliphatic rings. The molecule has 0 saturated heterocycles. The van der Waals surface area contributed by atoms with Crippen molar-refractivity contribution in [1.82, 2.24) is 10.2 Å². The van der Waals surface area contributed by atoms with E-state index in [2.05, 4.69) is 33.0 Å². The summed E-state index contributed by atoms with van der Waals surface area (Å²) >= 11 is 5.37. The monoisotopic (exact) mass is 276 g/mol. The topological polar surface area (TPSA) is 49.4 Å². The number of nitrogens with zero attached hydrogens (tertiary/aromatic N) is 1. The molecule has 4 nitrogen and oxygen atoms in total. The first-order valence-electron chi connectivity index (χ1n) is 6.51. The molecule has 0 bridgehead atoms. The van der Waals surface area contributed by atoms with Gasteiger partial charge >= 0.3 is 6.03 Å². The van der Waals surface area contributed by atoms with Crippen LogP contribution in [0.25, 0.3) is 0 Å². The molecule has 106 valence electrons.